The van der Waals surface area contributed by atoms with Gasteiger partial charge in [-0.1, -0.05) is 48.5 Å². The maximum absolute atomic E-state index is 11.7. The van der Waals surface area contributed by atoms with Gasteiger partial charge < -0.3 is 18.7 Å². The van der Waals surface area contributed by atoms with Crippen molar-refractivity contribution in [2.45, 2.75) is 130 Å². The number of carbonyl (C=O) groups is 1. The van der Waals surface area contributed by atoms with Crippen LogP contribution in [0.3, 0.4) is 0 Å². The molecule has 8 heteroatoms. The molecule has 0 saturated heterocycles. The summed E-state index contributed by atoms with van der Waals surface area (Å²) < 4.78 is 18.0. The summed E-state index contributed by atoms with van der Waals surface area (Å²) in [5.74, 6) is -0.701. The number of methoxy groups -OCH3 is 1. The van der Waals surface area contributed by atoms with Gasteiger partial charge in [-0.15, -0.1) is 0 Å². The van der Waals surface area contributed by atoms with Crippen LogP contribution in [0.4, 0.5) is 0 Å². The second-order valence-corrected chi connectivity index (χ2v) is 22.7. The average molecular weight is 520 g/mol. The van der Waals surface area contributed by atoms with Crippen molar-refractivity contribution in [1.29, 1.82) is 0 Å². The molecule has 0 bridgehead atoms. The highest BCUT2D eigenvalue weighted by atomic mass is 28.4. The Balaban J connectivity index is 5.27. The molecule has 1 N–H and O–H groups in total. The fourth-order valence-electron chi connectivity index (χ4n) is 3.57. The van der Waals surface area contributed by atoms with Gasteiger partial charge in [-0.25, -0.2) is 4.79 Å². The van der Waals surface area contributed by atoms with Crippen LogP contribution in [0.15, 0.2) is 0 Å². The largest absolute Gasteiger partial charge is 0.467 e. The van der Waals surface area contributed by atoms with E-state index < -0.39 is 28.7 Å². The Morgan fingerprint density at radius 2 is 1.24 bits per heavy atom. The monoisotopic (exact) mass is 519 g/mol. The summed E-state index contributed by atoms with van der Waals surface area (Å²) in [7, 11) is -2.40. The molecular weight excluding hydrogens is 462 g/mol. The van der Waals surface area contributed by atoms with Crippen molar-refractivity contribution >= 4 is 22.6 Å². The Kier molecular flexibility index (Phi) is 13.2. The number of carbonyl (C=O) groups excluding carboxylic acids is 1. The van der Waals surface area contributed by atoms with Crippen LogP contribution < -0.4 is 0 Å². The first-order chi connectivity index (χ1) is 15.1. The molecule has 0 amide bonds. The fourth-order valence-corrected chi connectivity index (χ4v) is 6.43. The van der Waals surface area contributed by atoms with E-state index in [1.165, 1.54) is 7.11 Å². The molecule has 204 valence electrons. The van der Waals surface area contributed by atoms with Gasteiger partial charge in [0.2, 0.25) is 0 Å². The minimum atomic E-state index is -1.85. The topological polar surface area (TPSA) is 68.2 Å². The van der Waals surface area contributed by atoms with Crippen molar-refractivity contribution in [3.63, 3.8) is 0 Å². The minimum absolute atomic E-state index is 0.124. The molecule has 0 aliphatic rings. The van der Waals surface area contributed by atoms with E-state index in [2.05, 4.69) is 91.2 Å². The highest BCUT2D eigenvalue weighted by Gasteiger charge is 2.40. The second-order valence-electron chi connectivity index (χ2n) is 13.2. The maximum Gasteiger partial charge on any atom is 0.334 e. The Bertz CT molecular complexity index is 577. The van der Waals surface area contributed by atoms with E-state index in [0.717, 1.165) is 32.5 Å². The van der Waals surface area contributed by atoms with E-state index in [1.807, 2.05) is 6.92 Å². The highest BCUT2D eigenvalue weighted by molar-refractivity contribution is 6.74. The number of esters is 1. The Morgan fingerprint density at radius 3 is 1.56 bits per heavy atom. The number of hydrogen-bond donors (Lipinski definition) is 1. The molecule has 0 saturated carbocycles. The Hall–Kier alpha value is -0.256. The van der Waals surface area contributed by atoms with Gasteiger partial charge in [0.1, 0.15) is 0 Å². The third-order valence-corrected chi connectivity index (χ3v) is 17.0. The lowest BCUT2D eigenvalue weighted by atomic mass is 9.99. The number of hydrogen-bond acceptors (Lipinski definition) is 6. The van der Waals surface area contributed by atoms with E-state index in [4.69, 9.17) is 8.85 Å². The van der Waals surface area contributed by atoms with Gasteiger partial charge in [-0.2, -0.15) is 0 Å². The van der Waals surface area contributed by atoms with Crippen molar-refractivity contribution in [2.75, 3.05) is 26.7 Å². The van der Waals surface area contributed by atoms with E-state index in [0.29, 0.717) is 0 Å². The second kappa shape index (κ2) is 13.3. The van der Waals surface area contributed by atoms with Gasteiger partial charge in [0.15, 0.2) is 22.7 Å². The summed E-state index contributed by atoms with van der Waals surface area (Å²) in [4.78, 5) is 14.1. The third-order valence-electron chi connectivity index (χ3n) is 7.75. The Morgan fingerprint density at radius 1 is 0.853 bits per heavy atom. The molecule has 0 aliphatic heterocycles. The molecular formula is C26H57NO5Si2. The molecule has 0 aliphatic carbocycles. The normalized spacial score (nSPS) is 17.4. The summed E-state index contributed by atoms with van der Waals surface area (Å²) in [6, 6.07) is 0. The lowest BCUT2D eigenvalue weighted by molar-refractivity contribution is -0.153. The predicted molar refractivity (Wildman–Crippen MR) is 148 cm³/mol. The predicted octanol–water partition coefficient (Wildman–Crippen LogP) is 6.06. The van der Waals surface area contributed by atoms with Crippen molar-refractivity contribution in [3.05, 3.63) is 0 Å². The molecule has 4 atom stereocenters. The number of rotatable bonds is 14. The lowest BCUT2D eigenvalue weighted by Gasteiger charge is -2.41. The molecule has 0 rings (SSSR count). The fraction of sp³-hybridized carbons (Fsp3) is 0.962. The Labute approximate surface area is 213 Å². The molecule has 0 heterocycles. The quantitative estimate of drug-likeness (QED) is 0.222. The van der Waals surface area contributed by atoms with Crippen LogP contribution in [0.1, 0.15) is 75.2 Å². The van der Waals surface area contributed by atoms with E-state index in [9.17, 15) is 9.90 Å². The van der Waals surface area contributed by atoms with E-state index in [1.54, 1.807) is 0 Å². The maximum atomic E-state index is 11.7. The molecule has 0 fully saturated rings. The standard InChI is InChI=1S/C26H57NO5Si2/c1-20(23(28)24(29)30-10)16-15-17-27(18-21(2)31-33(11,12)25(4,5)6)19-22(3)32-34(13,14)26(7,8)9/h20-23,28H,15-19H2,1-14H3. The van der Waals surface area contributed by atoms with E-state index >= 15 is 0 Å². The minimum Gasteiger partial charge on any atom is -0.467 e. The summed E-state index contributed by atoms with van der Waals surface area (Å²) >= 11 is 0. The number of aliphatic hydroxyl groups is 1. The van der Waals surface area contributed by atoms with E-state index in [-0.39, 0.29) is 28.2 Å². The zero-order chi connectivity index (χ0) is 27.1. The van der Waals surface area contributed by atoms with Gasteiger partial charge in [0, 0.05) is 13.1 Å². The molecule has 6 nitrogen and oxygen atoms in total. The number of nitrogens with zero attached hydrogens (tertiary/aromatic N) is 1. The van der Waals surface area contributed by atoms with Gasteiger partial charge in [-0.3, -0.25) is 4.90 Å². The first-order valence-electron chi connectivity index (χ1n) is 13.0. The first-order valence-corrected chi connectivity index (χ1v) is 18.8. The van der Waals surface area contributed by atoms with Crippen molar-refractivity contribution < 1.29 is 23.5 Å². The first kappa shape index (κ1) is 33.7. The van der Waals surface area contributed by atoms with Crippen LogP contribution in [-0.2, 0) is 18.4 Å². The molecule has 0 aromatic carbocycles. The van der Waals surface area contributed by atoms with Gasteiger partial charge in [0.05, 0.1) is 19.3 Å². The number of aliphatic hydroxyl groups excluding tert-OH is 1. The van der Waals surface area contributed by atoms with Crippen LogP contribution >= 0.6 is 0 Å². The lowest BCUT2D eigenvalue weighted by Crippen LogP contribution is -2.49. The highest BCUT2D eigenvalue weighted by Crippen LogP contribution is 2.38. The summed E-state index contributed by atoms with van der Waals surface area (Å²) in [5, 5.41) is 10.5. The van der Waals surface area contributed by atoms with Crippen LogP contribution in [0.5, 0.6) is 0 Å². The molecule has 34 heavy (non-hydrogen) atoms. The summed E-state index contributed by atoms with van der Waals surface area (Å²) in [6.07, 6.45) is 0.814. The number of ether oxygens (including phenoxy) is 1. The van der Waals surface area contributed by atoms with Crippen LogP contribution in [0.25, 0.3) is 0 Å². The average Bonchev–Trinajstić information content (AvgIpc) is 2.63. The smallest absolute Gasteiger partial charge is 0.334 e. The van der Waals surface area contributed by atoms with Crippen LogP contribution in [0, 0.1) is 5.92 Å². The zero-order valence-corrected chi connectivity index (χ0v) is 26.9. The molecule has 4 unspecified atom stereocenters. The molecule has 0 aromatic rings. The SMILES string of the molecule is COC(=O)C(O)C(C)CCCN(CC(C)O[Si](C)(C)C(C)(C)C)CC(C)O[Si](C)(C)C(C)(C)C. The van der Waals surface area contributed by atoms with Crippen molar-refractivity contribution in [3.8, 4) is 0 Å². The van der Waals surface area contributed by atoms with Crippen LogP contribution in [-0.4, -0.2) is 77.7 Å². The van der Waals surface area contributed by atoms with Crippen LogP contribution in [0.2, 0.25) is 36.3 Å². The molecule has 0 radical (unpaired) electrons. The van der Waals surface area contributed by atoms with Gasteiger partial charge >= 0.3 is 5.97 Å². The van der Waals surface area contributed by atoms with Gasteiger partial charge in [0.25, 0.3) is 0 Å². The zero-order valence-electron chi connectivity index (χ0n) is 24.9. The molecule has 0 aromatic heterocycles. The summed E-state index contributed by atoms with van der Waals surface area (Å²) in [6.45, 7) is 31.6. The van der Waals surface area contributed by atoms with Crippen molar-refractivity contribution in [1.82, 2.24) is 4.90 Å². The third kappa shape index (κ3) is 11.2. The van der Waals surface area contributed by atoms with Crippen molar-refractivity contribution in [2.24, 2.45) is 5.92 Å². The summed E-state index contributed by atoms with van der Waals surface area (Å²) in [5.41, 5.74) is 0. The molecule has 0 spiro atoms. The van der Waals surface area contributed by atoms with Gasteiger partial charge in [-0.05, 0) is 75.4 Å².